The average Bonchev–Trinajstić information content (AvgIpc) is 3.23. The smallest absolute Gasteiger partial charge is 0.0616 e. The van der Waals surface area contributed by atoms with Gasteiger partial charge < -0.3 is 0 Å². The van der Waals surface area contributed by atoms with Crippen LogP contribution in [0.4, 0.5) is 0 Å². The van der Waals surface area contributed by atoms with Crippen molar-refractivity contribution in [1.82, 2.24) is 0 Å². The molecule has 0 amide bonds. The van der Waals surface area contributed by atoms with Crippen LogP contribution in [-0.4, -0.2) is 0 Å². The van der Waals surface area contributed by atoms with Gasteiger partial charge in [-0.25, -0.2) is 0 Å². The van der Waals surface area contributed by atoms with E-state index in [0.29, 0.717) is 0 Å². The zero-order chi connectivity index (χ0) is 27.9. The molecule has 0 radical (unpaired) electrons. The second kappa shape index (κ2) is 4.24. The van der Waals surface area contributed by atoms with Crippen LogP contribution in [-0.2, 0) is 0 Å². The first-order chi connectivity index (χ1) is 17.7. The topological polar surface area (TPSA) is 0 Å². The summed E-state index contributed by atoms with van der Waals surface area (Å²) in [4.78, 5) is 0. The van der Waals surface area contributed by atoms with Gasteiger partial charge in [0.25, 0.3) is 0 Å². The van der Waals surface area contributed by atoms with Crippen molar-refractivity contribution in [3.63, 3.8) is 0 Å². The highest BCUT2D eigenvalue weighted by atomic mass is 14.3. The molecule has 0 bridgehead atoms. The standard InChI is InChI=1S/C24H14/c1-2-6-17-14-22-18(13-16(17)5-1)11-12-20-19-9-3-7-15-8-4-10-21(23(15)19)24(20)22/h1-14H/i1D,2D,3D,4D,5D,6D,7D,8D,9D,10D,11D,12D,13D,14D. The highest BCUT2D eigenvalue weighted by Crippen LogP contribution is 2.50. The summed E-state index contributed by atoms with van der Waals surface area (Å²) < 4.78 is 119. The third-order valence-electron chi connectivity index (χ3n) is 4.25. The van der Waals surface area contributed by atoms with E-state index in [1.54, 1.807) is 0 Å². The molecule has 5 aromatic carbocycles. The Bertz CT molecular complexity index is 2000. The summed E-state index contributed by atoms with van der Waals surface area (Å²) >= 11 is 0. The first-order valence-electron chi connectivity index (χ1n) is 14.2. The summed E-state index contributed by atoms with van der Waals surface area (Å²) in [6.07, 6.45) is 0. The van der Waals surface area contributed by atoms with Crippen molar-refractivity contribution in [1.29, 1.82) is 0 Å². The minimum absolute atomic E-state index is 0.0124. The van der Waals surface area contributed by atoms with Crippen LogP contribution in [0.2, 0.25) is 0 Å². The molecular formula is C24H14. The number of hydrogen-bond donors (Lipinski definition) is 0. The zero-order valence-electron chi connectivity index (χ0n) is 26.0. The van der Waals surface area contributed by atoms with Crippen LogP contribution in [0.25, 0.3) is 54.6 Å². The summed E-state index contributed by atoms with van der Waals surface area (Å²) in [5, 5.41) is -1.17. The molecule has 24 heavy (non-hydrogen) atoms. The van der Waals surface area contributed by atoms with Crippen LogP contribution in [0.1, 0.15) is 19.2 Å². The molecule has 0 saturated carbocycles. The first-order valence-corrected chi connectivity index (χ1v) is 7.25. The van der Waals surface area contributed by atoms with Crippen LogP contribution >= 0.6 is 0 Å². The van der Waals surface area contributed by atoms with Gasteiger partial charge in [0.2, 0.25) is 0 Å². The molecule has 0 aliphatic heterocycles. The van der Waals surface area contributed by atoms with Crippen molar-refractivity contribution < 1.29 is 19.2 Å². The summed E-state index contributed by atoms with van der Waals surface area (Å²) in [6, 6.07) is -7.54. The molecule has 0 saturated heterocycles. The van der Waals surface area contributed by atoms with Crippen LogP contribution < -0.4 is 0 Å². The minimum atomic E-state index is -0.625. The van der Waals surface area contributed by atoms with E-state index in [-0.39, 0.29) is 54.6 Å². The third kappa shape index (κ3) is 1.43. The molecule has 0 nitrogen and oxygen atoms in total. The first kappa shape index (κ1) is 5.19. The number of benzene rings is 5. The number of rotatable bonds is 0. The molecule has 0 aromatic heterocycles. The third-order valence-corrected chi connectivity index (χ3v) is 4.25. The Morgan fingerprint density at radius 2 is 1.21 bits per heavy atom. The molecule has 1 aliphatic carbocycles. The molecule has 1 aliphatic rings. The largest absolute Gasteiger partial charge is 0.0636 e. The Kier molecular flexibility index (Phi) is 0.917. The molecule has 0 heterocycles. The fraction of sp³-hybridized carbons (Fsp3) is 0. The van der Waals surface area contributed by atoms with Gasteiger partial charge in [-0.15, -0.1) is 0 Å². The van der Waals surface area contributed by atoms with Crippen molar-refractivity contribution in [2.24, 2.45) is 0 Å². The van der Waals surface area contributed by atoms with Crippen molar-refractivity contribution >= 4 is 32.3 Å². The van der Waals surface area contributed by atoms with E-state index in [0.717, 1.165) is 0 Å². The lowest BCUT2D eigenvalue weighted by Gasteiger charge is -2.09. The fourth-order valence-electron chi connectivity index (χ4n) is 3.25. The van der Waals surface area contributed by atoms with Gasteiger partial charge in [0.05, 0.1) is 19.2 Å². The Hall–Kier alpha value is -3.12. The van der Waals surface area contributed by atoms with Gasteiger partial charge in [0.15, 0.2) is 0 Å². The summed E-state index contributed by atoms with van der Waals surface area (Å²) in [7, 11) is 0. The van der Waals surface area contributed by atoms with Gasteiger partial charge in [0, 0.05) is 0 Å². The van der Waals surface area contributed by atoms with E-state index in [2.05, 4.69) is 0 Å². The van der Waals surface area contributed by atoms with Gasteiger partial charge in [-0.05, 0) is 66.7 Å². The number of hydrogen-bond acceptors (Lipinski definition) is 0. The van der Waals surface area contributed by atoms with Gasteiger partial charge in [-0.3, -0.25) is 0 Å². The maximum absolute atomic E-state index is 9.03. The zero-order valence-corrected chi connectivity index (χ0v) is 12.0. The average molecular weight is 316 g/mol. The quantitative estimate of drug-likeness (QED) is 0.270. The lowest BCUT2D eigenvalue weighted by atomic mass is 9.94. The predicted octanol–water partition coefficient (Wildman–Crippen LogP) is 6.79. The van der Waals surface area contributed by atoms with E-state index >= 15 is 0 Å². The lowest BCUT2D eigenvalue weighted by Crippen LogP contribution is -1.82. The molecule has 0 unspecified atom stereocenters. The summed E-state index contributed by atoms with van der Waals surface area (Å²) in [5.41, 5.74) is -0.299. The molecule has 110 valence electrons. The van der Waals surface area contributed by atoms with Gasteiger partial charge in [-0.1, -0.05) is 72.5 Å². The Morgan fingerprint density at radius 3 is 2.04 bits per heavy atom. The van der Waals surface area contributed by atoms with Crippen molar-refractivity contribution in [2.75, 3.05) is 0 Å². The molecule has 0 N–H and O–H groups in total. The Labute approximate surface area is 159 Å². The monoisotopic (exact) mass is 316 g/mol. The second-order valence-corrected chi connectivity index (χ2v) is 5.50. The van der Waals surface area contributed by atoms with Crippen LogP contribution in [0.15, 0.2) is 84.6 Å². The van der Waals surface area contributed by atoms with Crippen molar-refractivity contribution in [2.45, 2.75) is 0 Å². The van der Waals surface area contributed by atoms with Gasteiger partial charge in [0.1, 0.15) is 0 Å². The number of fused-ring (bicyclic) bond motifs is 6. The van der Waals surface area contributed by atoms with Crippen molar-refractivity contribution in [3.05, 3.63) is 84.6 Å². The maximum Gasteiger partial charge on any atom is 0.0636 e. The van der Waals surface area contributed by atoms with E-state index in [4.69, 9.17) is 19.2 Å². The Morgan fingerprint density at radius 1 is 0.500 bits per heavy atom. The van der Waals surface area contributed by atoms with E-state index < -0.39 is 84.6 Å². The van der Waals surface area contributed by atoms with E-state index in [1.807, 2.05) is 0 Å². The summed E-state index contributed by atoms with van der Waals surface area (Å²) in [6.45, 7) is 0. The van der Waals surface area contributed by atoms with Gasteiger partial charge >= 0.3 is 0 Å². The van der Waals surface area contributed by atoms with E-state index in [1.165, 1.54) is 0 Å². The highest BCUT2D eigenvalue weighted by Gasteiger charge is 2.22. The predicted molar refractivity (Wildman–Crippen MR) is 103 cm³/mol. The maximum atomic E-state index is 9.03. The Balaban J connectivity index is 2.04. The SMILES string of the molecule is [2H]c1c([2H])c2c3c(c([2H])c([2H])c([2H])c3c1[2H])-c1c-2c([2H])c([2H])c2c([2H])c3c([2H])c([2H])c([2H])c([2H])c3c([2H])c12. The van der Waals surface area contributed by atoms with E-state index in [9.17, 15) is 0 Å². The normalized spacial score (nSPS) is 20.3. The summed E-state index contributed by atoms with van der Waals surface area (Å²) in [5.74, 6) is 0. The van der Waals surface area contributed by atoms with Crippen LogP contribution in [0, 0.1) is 0 Å². The van der Waals surface area contributed by atoms with Crippen LogP contribution in [0.3, 0.4) is 0 Å². The van der Waals surface area contributed by atoms with Crippen molar-refractivity contribution in [3.8, 4) is 22.3 Å². The lowest BCUT2D eigenvalue weighted by molar-refractivity contribution is 1.74. The molecule has 0 spiro atoms. The highest BCUT2D eigenvalue weighted by molar-refractivity contribution is 6.22. The van der Waals surface area contributed by atoms with Gasteiger partial charge in [-0.2, -0.15) is 0 Å². The van der Waals surface area contributed by atoms with Crippen LogP contribution in [0.5, 0.6) is 0 Å². The second-order valence-electron chi connectivity index (χ2n) is 5.50. The minimum Gasteiger partial charge on any atom is -0.0616 e. The molecule has 0 atom stereocenters. The fourth-order valence-corrected chi connectivity index (χ4v) is 3.25. The molecule has 0 fully saturated rings. The molecular weight excluding hydrogens is 288 g/mol. The molecule has 0 heteroatoms. The molecule has 5 aromatic rings. The molecule has 6 rings (SSSR count).